The van der Waals surface area contributed by atoms with Gasteiger partial charge in [0.05, 0.1) is 16.9 Å². The third-order valence-corrected chi connectivity index (χ3v) is 3.71. The lowest BCUT2D eigenvalue weighted by Gasteiger charge is -2.28. The van der Waals surface area contributed by atoms with E-state index in [0.29, 0.717) is 19.4 Å². The molecule has 0 bridgehead atoms. The molecule has 1 heterocycles. The molecule has 1 saturated carbocycles. The average molecular weight is 288 g/mol. The first-order valence-electron chi connectivity index (χ1n) is 6.72. The van der Waals surface area contributed by atoms with Gasteiger partial charge in [0.25, 0.3) is 0 Å². The lowest BCUT2D eigenvalue weighted by molar-refractivity contribution is -0.138. The van der Waals surface area contributed by atoms with E-state index in [1.807, 2.05) is 0 Å². The van der Waals surface area contributed by atoms with Gasteiger partial charge in [0.15, 0.2) is 0 Å². The topological polar surface area (TPSA) is 36.4 Å². The number of hydrogen-bond acceptors (Lipinski definition) is 3. The molecule has 1 aromatic heterocycles. The molecule has 1 aromatic rings. The van der Waals surface area contributed by atoms with Crippen LogP contribution in [0.5, 0.6) is 0 Å². The van der Waals surface area contributed by atoms with E-state index in [1.165, 1.54) is 12.3 Å². The van der Waals surface area contributed by atoms with Crippen molar-refractivity contribution in [2.45, 2.75) is 44.0 Å². The number of alkyl halides is 3. The van der Waals surface area contributed by atoms with E-state index in [2.05, 4.69) is 4.98 Å². The Bertz CT molecular complexity index is 456. The highest BCUT2D eigenvalue weighted by Gasteiger charge is 2.35. The first-order valence-corrected chi connectivity index (χ1v) is 6.72. The molecule has 0 aromatic carbocycles. The maximum atomic E-state index is 12.9. The van der Waals surface area contributed by atoms with E-state index in [1.54, 1.807) is 11.9 Å². The fourth-order valence-electron chi connectivity index (χ4n) is 2.83. The van der Waals surface area contributed by atoms with E-state index in [4.69, 9.17) is 0 Å². The summed E-state index contributed by atoms with van der Waals surface area (Å²) < 4.78 is 38.6. The van der Waals surface area contributed by atoms with Crippen LogP contribution in [0.4, 0.5) is 13.2 Å². The molecule has 0 radical (unpaired) electrons. The first kappa shape index (κ1) is 15.3. The summed E-state index contributed by atoms with van der Waals surface area (Å²) in [7, 11) is 1.71. The highest BCUT2D eigenvalue weighted by atomic mass is 19.4. The molecule has 3 nitrogen and oxygen atoms in total. The van der Waals surface area contributed by atoms with Crippen LogP contribution in [0.3, 0.4) is 0 Å². The summed E-state index contributed by atoms with van der Waals surface area (Å²) in [6.07, 6.45) is 0.345. The summed E-state index contributed by atoms with van der Waals surface area (Å²) in [6.45, 7) is 0.457. The highest BCUT2D eigenvalue weighted by Crippen LogP contribution is 2.33. The number of halogens is 3. The van der Waals surface area contributed by atoms with Crippen molar-refractivity contribution in [1.29, 1.82) is 0 Å². The zero-order valence-electron chi connectivity index (χ0n) is 11.5. The predicted octanol–water partition coefficient (Wildman–Crippen LogP) is 2.84. The van der Waals surface area contributed by atoms with Gasteiger partial charge in [-0.1, -0.05) is 12.8 Å². The fourth-order valence-corrected chi connectivity index (χ4v) is 2.83. The Kier molecular flexibility index (Phi) is 4.34. The van der Waals surface area contributed by atoms with Crippen molar-refractivity contribution in [2.24, 2.45) is 0 Å². The van der Waals surface area contributed by atoms with Gasteiger partial charge in [0, 0.05) is 19.3 Å². The molecule has 1 N–H and O–H groups in total. The van der Waals surface area contributed by atoms with Crippen molar-refractivity contribution in [3.05, 3.63) is 29.6 Å². The molecule has 0 spiro atoms. The molecule has 1 aliphatic carbocycles. The summed E-state index contributed by atoms with van der Waals surface area (Å²) in [5.41, 5.74) is -1.46. The summed E-state index contributed by atoms with van der Waals surface area (Å²) in [5.74, 6) is 0. The molecular formula is C14H19F3N2O. The van der Waals surface area contributed by atoms with Crippen molar-refractivity contribution in [2.75, 3.05) is 13.6 Å². The minimum Gasteiger partial charge on any atom is -0.389 e. The van der Waals surface area contributed by atoms with Crippen LogP contribution in [-0.4, -0.2) is 34.2 Å². The Balaban J connectivity index is 2.06. The minimum atomic E-state index is -4.39. The van der Waals surface area contributed by atoms with E-state index >= 15 is 0 Å². The Hall–Kier alpha value is -1.14. The largest absolute Gasteiger partial charge is 0.418 e. The van der Waals surface area contributed by atoms with Crippen LogP contribution in [0.25, 0.3) is 0 Å². The molecule has 0 atom stereocenters. The number of likely N-dealkylation sites (N-methyl/N-ethyl adjacent to an activating group) is 1. The van der Waals surface area contributed by atoms with E-state index in [0.717, 1.165) is 18.9 Å². The Morgan fingerprint density at radius 3 is 2.60 bits per heavy atom. The lowest BCUT2D eigenvalue weighted by atomic mass is 10.0. The second-order valence-corrected chi connectivity index (χ2v) is 5.60. The number of hydrogen-bond donors (Lipinski definition) is 1. The van der Waals surface area contributed by atoms with Gasteiger partial charge in [-0.3, -0.25) is 9.88 Å². The SMILES string of the molecule is CN(Cc1ncccc1C(F)(F)F)CC1(O)CCCC1. The monoisotopic (exact) mass is 288 g/mol. The van der Waals surface area contributed by atoms with Gasteiger partial charge in [-0.2, -0.15) is 13.2 Å². The number of rotatable bonds is 4. The molecule has 1 fully saturated rings. The third-order valence-electron chi connectivity index (χ3n) is 3.71. The molecule has 112 valence electrons. The molecule has 0 unspecified atom stereocenters. The van der Waals surface area contributed by atoms with Crippen LogP contribution < -0.4 is 0 Å². The first-order chi connectivity index (χ1) is 9.30. The van der Waals surface area contributed by atoms with Gasteiger partial charge in [-0.15, -0.1) is 0 Å². The van der Waals surface area contributed by atoms with Crippen molar-refractivity contribution in [3.63, 3.8) is 0 Å². The van der Waals surface area contributed by atoms with Gasteiger partial charge in [0.1, 0.15) is 0 Å². The molecule has 0 aliphatic heterocycles. The zero-order chi connectivity index (χ0) is 14.8. The van der Waals surface area contributed by atoms with Gasteiger partial charge >= 0.3 is 6.18 Å². The molecule has 0 amide bonds. The third kappa shape index (κ3) is 3.70. The Labute approximate surface area is 116 Å². The maximum absolute atomic E-state index is 12.9. The van der Waals surface area contributed by atoms with Crippen LogP contribution >= 0.6 is 0 Å². The number of aromatic nitrogens is 1. The number of pyridine rings is 1. The van der Waals surface area contributed by atoms with Crippen molar-refractivity contribution >= 4 is 0 Å². The molecule has 0 saturated heterocycles. The predicted molar refractivity (Wildman–Crippen MR) is 69.0 cm³/mol. The molecular weight excluding hydrogens is 269 g/mol. The number of aliphatic hydroxyl groups is 1. The summed E-state index contributed by atoms with van der Waals surface area (Å²) >= 11 is 0. The standard InChI is InChI=1S/C14H19F3N2O/c1-19(10-13(20)6-2-3-7-13)9-12-11(14(15,16)17)5-4-8-18-12/h4-5,8,20H,2-3,6-7,9-10H2,1H3. The zero-order valence-corrected chi connectivity index (χ0v) is 11.5. The van der Waals surface area contributed by atoms with Crippen LogP contribution in [0.2, 0.25) is 0 Å². The van der Waals surface area contributed by atoms with Crippen molar-refractivity contribution in [3.8, 4) is 0 Å². The smallest absolute Gasteiger partial charge is 0.389 e. The van der Waals surface area contributed by atoms with E-state index in [9.17, 15) is 18.3 Å². The van der Waals surface area contributed by atoms with Crippen LogP contribution in [0, 0.1) is 0 Å². The second-order valence-electron chi connectivity index (χ2n) is 5.60. The normalized spacial score (nSPS) is 18.7. The fraction of sp³-hybridized carbons (Fsp3) is 0.643. The number of nitrogens with zero attached hydrogens (tertiary/aromatic N) is 2. The molecule has 20 heavy (non-hydrogen) atoms. The van der Waals surface area contributed by atoms with Gasteiger partial charge in [-0.25, -0.2) is 0 Å². The van der Waals surface area contributed by atoms with Crippen LogP contribution in [-0.2, 0) is 12.7 Å². The quantitative estimate of drug-likeness (QED) is 0.925. The van der Waals surface area contributed by atoms with Crippen LogP contribution in [0.15, 0.2) is 18.3 Å². The molecule has 6 heteroatoms. The van der Waals surface area contributed by atoms with Crippen molar-refractivity contribution in [1.82, 2.24) is 9.88 Å². The maximum Gasteiger partial charge on any atom is 0.418 e. The minimum absolute atomic E-state index is 0.00379. The molecule has 1 aliphatic rings. The van der Waals surface area contributed by atoms with E-state index in [-0.39, 0.29) is 12.2 Å². The Morgan fingerprint density at radius 1 is 1.35 bits per heavy atom. The lowest BCUT2D eigenvalue weighted by Crippen LogP contribution is -2.39. The summed E-state index contributed by atoms with van der Waals surface area (Å²) in [5, 5.41) is 10.3. The van der Waals surface area contributed by atoms with Gasteiger partial charge < -0.3 is 5.11 Å². The van der Waals surface area contributed by atoms with Gasteiger partial charge in [-0.05, 0) is 32.0 Å². The Morgan fingerprint density at radius 2 is 2.00 bits per heavy atom. The molecule has 2 rings (SSSR count). The average Bonchev–Trinajstić information content (AvgIpc) is 2.74. The van der Waals surface area contributed by atoms with Crippen LogP contribution in [0.1, 0.15) is 36.9 Å². The highest BCUT2D eigenvalue weighted by molar-refractivity contribution is 5.22. The van der Waals surface area contributed by atoms with Gasteiger partial charge in [0.2, 0.25) is 0 Å². The van der Waals surface area contributed by atoms with Crippen molar-refractivity contribution < 1.29 is 18.3 Å². The second kappa shape index (κ2) is 5.69. The summed E-state index contributed by atoms with van der Waals surface area (Å²) in [4.78, 5) is 5.55. The summed E-state index contributed by atoms with van der Waals surface area (Å²) in [6, 6.07) is 2.33. The van der Waals surface area contributed by atoms with E-state index < -0.39 is 17.3 Å².